The van der Waals surface area contributed by atoms with Gasteiger partial charge in [0.05, 0.1) is 6.54 Å². The Labute approximate surface area is 137 Å². The van der Waals surface area contributed by atoms with Gasteiger partial charge in [0.15, 0.2) is 0 Å². The van der Waals surface area contributed by atoms with Crippen molar-refractivity contribution < 1.29 is 9.18 Å². The number of carbonyl (C=O) groups excluding carboxylic acids is 1. The second-order valence-electron chi connectivity index (χ2n) is 5.32. The van der Waals surface area contributed by atoms with Gasteiger partial charge in [0.25, 0.3) is 0 Å². The van der Waals surface area contributed by atoms with Crippen LogP contribution in [-0.4, -0.2) is 5.91 Å². The van der Waals surface area contributed by atoms with Gasteiger partial charge in [-0.05, 0) is 83.0 Å². The van der Waals surface area contributed by atoms with Gasteiger partial charge in [0, 0.05) is 15.7 Å². The van der Waals surface area contributed by atoms with Crippen LogP contribution in [0.1, 0.15) is 23.1 Å². The monoisotopic (exact) mass is 395 g/mol. The molecule has 0 fully saturated rings. The van der Waals surface area contributed by atoms with E-state index in [0.717, 1.165) is 23.2 Å². The summed E-state index contributed by atoms with van der Waals surface area (Å²) in [7, 11) is 0. The highest BCUT2D eigenvalue weighted by molar-refractivity contribution is 14.1. The summed E-state index contributed by atoms with van der Waals surface area (Å²) in [6, 6.07) is 10.9. The molecule has 1 aliphatic rings. The molecular weight excluding hydrogens is 380 g/mol. The number of hydrogen-bond acceptors (Lipinski definition) is 1. The summed E-state index contributed by atoms with van der Waals surface area (Å²) in [5.74, 6) is -0.108. The molecule has 0 spiro atoms. The summed E-state index contributed by atoms with van der Waals surface area (Å²) in [6.07, 6.45) is 1.33. The van der Waals surface area contributed by atoms with E-state index in [4.69, 9.17) is 0 Å². The van der Waals surface area contributed by atoms with Gasteiger partial charge in [0.2, 0.25) is 5.91 Å². The summed E-state index contributed by atoms with van der Waals surface area (Å²) in [5.41, 5.74) is 4.05. The number of halogens is 2. The summed E-state index contributed by atoms with van der Waals surface area (Å²) in [6.45, 7) is 2.38. The zero-order valence-corrected chi connectivity index (χ0v) is 13.9. The molecule has 108 valence electrons. The SMILES string of the molecule is Cc1cc(F)ccc1CN1C(=O)CCc2cc(I)ccc21. The van der Waals surface area contributed by atoms with Crippen LogP contribution in [0.4, 0.5) is 10.1 Å². The normalized spacial score (nSPS) is 14.2. The highest BCUT2D eigenvalue weighted by atomic mass is 127. The molecule has 0 aliphatic carbocycles. The Kier molecular flexibility index (Phi) is 3.97. The minimum absolute atomic E-state index is 0.132. The average Bonchev–Trinajstić information content (AvgIpc) is 2.44. The van der Waals surface area contributed by atoms with E-state index in [9.17, 15) is 9.18 Å². The van der Waals surface area contributed by atoms with Gasteiger partial charge in [-0.2, -0.15) is 0 Å². The standard InChI is InChI=1S/C17H15FINO/c1-11-8-14(18)4-2-13(11)10-20-16-6-5-15(19)9-12(16)3-7-17(20)21/h2,4-6,8-9H,3,7,10H2,1H3. The van der Waals surface area contributed by atoms with Crippen LogP contribution in [0.25, 0.3) is 0 Å². The summed E-state index contributed by atoms with van der Waals surface area (Å²) in [4.78, 5) is 14.1. The van der Waals surface area contributed by atoms with Crippen molar-refractivity contribution in [3.63, 3.8) is 0 Å². The third kappa shape index (κ3) is 2.95. The molecule has 0 N–H and O–H groups in total. The number of benzene rings is 2. The second-order valence-corrected chi connectivity index (χ2v) is 6.57. The van der Waals surface area contributed by atoms with Gasteiger partial charge in [-0.15, -0.1) is 0 Å². The minimum atomic E-state index is -0.240. The van der Waals surface area contributed by atoms with E-state index >= 15 is 0 Å². The van der Waals surface area contributed by atoms with Crippen LogP contribution in [0.3, 0.4) is 0 Å². The van der Waals surface area contributed by atoms with Crippen LogP contribution < -0.4 is 4.90 Å². The van der Waals surface area contributed by atoms with E-state index in [1.54, 1.807) is 6.07 Å². The fourth-order valence-corrected chi connectivity index (χ4v) is 3.26. The fourth-order valence-electron chi connectivity index (χ4n) is 2.71. The van der Waals surface area contributed by atoms with Crippen molar-refractivity contribution in [2.75, 3.05) is 4.90 Å². The largest absolute Gasteiger partial charge is 0.308 e. The number of anilines is 1. The number of rotatable bonds is 2. The Bertz CT molecular complexity index is 714. The fraction of sp³-hybridized carbons (Fsp3) is 0.235. The molecule has 3 rings (SSSR count). The molecule has 2 nitrogen and oxygen atoms in total. The maximum atomic E-state index is 13.2. The lowest BCUT2D eigenvalue weighted by Gasteiger charge is -2.30. The van der Waals surface area contributed by atoms with Crippen LogP contribution in [0, 0.1) is 16.3 Å². The van der Waals surface area contributed by atoms with Crippen molar-refractivity contribution >= 4 is 34.2 Å². The van der Waals surface area contributed by atoms with Gasteiger partial charge in [-0.3, -0.25) is 4.79 Å². The molecule has 1 heterocycles. The Balaban J connectivity index is 1.96. The Morgan fingerprint density at radius 1 is 1.19 bits per heavy atom. The first-order valence-corrected chi connectivity index (χ1v) is 7.96. The minimum Gasteiger partial charge on any atom is -0.308 e. The smallest absolute Gasteiger partial charge is 0.227 e. The molecule has 0 bridgehead atoms. The van der Waals surface area contributed by atoms with E-state index < -0.39 is 0 Å². The van der Waals surface area contributed by atoms with Crippen molar-refractivity contribution in [1.82, 2.24) is 0 Å². The lowest BCUT2D eigenvalue weighted by Crippen LogP contribution is -2.34. The summed E-state index contributed by atoms with van der Waals surface area (Å²) < 4.78 is 14.4. The highest BCUT2D eigenvalue weighted by Gasteiger charge is 2.24. The molecule has 2 aromatic carbocycles. The molecule has 0 atom stereocenters. The van der Waals surface area contributed by atoms with Crippen LogP contribution in [0.2, 0.25) is 0 Å². The van der Waals surface area contributed by atoms with Crippen molar-refractivity contribution in [1.29, 1.82) is 0 Å². The van der Waals surface area contributed by atoms with Gasteiger partial charge in [0.1, 0.15) is 5.82 Å². The van der Waals surface area contributed by atoms with Gasteiger partial charge >= 0.3 is 0 Å². The molecule has 21 heavy (non-hydrogen) atoms. The van der Waals surface area contributed by atoms with E-state index in [1.807, 2.05) is 24.0 Å². The van der Waals surface area contributed by atoms with Crippen molar-refractivity contribution in [2.45, 2.75) is 26.3 Å². The second kappa shape index (κ2) is 5.75. The topological polar surface area (TPSA) is 20.3 Å². The zero-order valence-electron chi connectivity index (χ0n) is 11.7. The number of aryl methyl sites for hydroxylation is 2. The van der Waals surface area contributed by atoms with Gasteiger partial charge in [-0.1, -0.05) is 6.07 Å². The Morgan fingerprint density at radius 3 is 2.76 bits per heavy atom. The van der Waals surface area contributed by atoms with E-state index in [0.29, 0.717) is 13.0 Å². The zero-order chi connectivity index (χ0) is 15.0. The van der Waals surface area contributed by atoms with Crippen LogP contribution in [0.5, 0.6) is 0 Å². The molecule has 0 saturated carbocycles. The number of fused-ring (bicyclic) bond motifs is 1. The maximum absolute atomic E-state index is 13.2. The molecule has 4 heteroatoms. The van der Waals surface area contributed by atoms with Crippen molar-refractivity contribution in [2.24, 2.45) is 0 Å². The lowest BCUT2D eigenvalue weighted by atomic mass is 9.99. The molecule has 1 aliphatic heterocycles. The summed E-state index contributed by atoms with van der Waals surface area (Å²) in [5, 5.41) is 0. The van der Waals surface area contributed by atoms with E-state index in [-0.39, 0.29) is 11.7 Å². The first kappa shape index (κ1) is 14.5. The molecular formula is C17H15FINO. The molecule has 0 aromatic heterocycles. The highest BCUT2D eigenvalue weighted by Crippen LogP contribution is 2.31. The number of carbonyl (C=O) groups is 1. The third-order valence-corrected chi connectivity index (χ3v) is 4.55. The van der Waals surface area contributed by atoms with E-state index in [1.165, 1.54) is 21.3 Å². The van der Waals surface area contributed by atoms with Crippen LogP contribution >= 0.6 is 22.6 Å². The number of nitrogens with zero attached hydrogens (tertiary/aromatic N) is 1. The first-order valence-electron chi connectivity index (χ1n) is 6.88. The molecule has 1 amide bonds. The Hall–Kier alpha value is -1.43. The summed E-state index contributed by atoms with van der Waals surface area (Å²) >= 11 is 2.29. The Morgan fingerprint density at radius 2 is 2.00 bits per heavy atom. The quantitative estimate of drug-likeness (QED) is 0.698. The lowest BCUT2D eigenvalue weighted by molar-refractivity contribution is -0.119. The predicted octanol–water partition coefficient (Wildman–Crippen LogP) is 4.22. The van der Waals surface area contributed by atoms with E-state index in [2.05, 4.69) is 28.7 Å². The number of hydrogen-bond donors (Lipinski definition) is 0. The molecule has 0 radical (unpaired) electrons. The maximum Gasteiger partial charge on any atom is 0.227 e. The van der Waals surface area contributed by atoms with Crippen molar-refractivity contribution in [3.8, 4) is 0 Å². The molecule has 0 unspecified atom stereocenters. The van der Waals surface area contributed by atoms with Gasteiger partial charge < -0.3 is 4.90 Å². The molecule has 2 aromatic rings. The molecule has 0 saturated heterocycles. The van der Waals surface area contributed by atoms with Crippen LogP contribution in [0.15, 0.2) is 36.4 Å². The van der Waals surface area contributed by atoms with Crippen LogP contribution in [-0.2, 0) is 17.8 Å². The predicted molar refractivity (Wildman–Crippen MR) is 89.8 cm³/mol. The third-order valence-electron chi connectivity index (χ3n) is 3.87. The average molecular weight is 395 g/mol. The van der Waals surface area contributed by atoms with Crippen molar-refractivity contribution in [3.05, 3.63) is 62.5 Å². The number of amides is 1. The first-order chi connectivity index (χ1) is 10.0. The van der Waals surface area contributed by atoms with Gasteiger partial charge in [-0.25, -0.2) is 4.39 Å².